The second-order valence-electron chi connectivity index (χ2n) is 3.78. The molecule has 1 atom stereocenters. The predicted octanol–water partition coefficient (Wildman–Crippen LogP) is 1.47. The minimum absolute atomic E-state index is 0.787. The van der Waals surface area contributed by atoms with Gasteiger partial charge in [0.05, 0.1) is 0 Å². The zero-order valence-corrected chi connectivity index (χ0v) is 8.47. The molecule has 72 valence electrons. The Hall–Kier alpha value is -0.0800. The Labute approximate surface area is 76.3 Å². The maximum Gasteiger partial charge on any atom is 0.0110 e. The van der Waals surface area contributed by atoms with Gasteiger partial charge in [0.2, 0.25) is 0 Å². The summed E-state index contributed by atoms with van der Waals surface area (Å²) in [6.45, 7) is 9.53. The highest BCUT2D eigenvalue weighted by Crippen LogP contribution is 2.07. The van der Waals surface area contributed by atoms with E-state index < -0.39 is 0 Å². The highest BCUT2D eigenvalue weighted by molar-refractivity contribution is 4.71. The molecule has 2 nitrogen and oxygen atoms in total. The van der Waals surface area contributed by atoms with Crippen LogP contribution in [0.4, 0.5) is 0 Å². The topological polar surface area (TPSA) is 15.3 Å². The summed E-state index contributed by atoms with van der Waals surface area (Å²) < 4.78 is 0. The molecule has 0 aromatic heterocycles. The van der Waals surface area contributed by atoms with Crippen molar-refractivity contribution in [3.05, 3.63) is 0 Å². The summed E-state index contributed by atoms with van der Waals surface area (Å²) in [5.41, 5.74) is 0. The molecule has 0 bridgehead atoms. The molecule has 0 amide bonds. The molecule has 0 spiro atoms. The van der Waals surface area contributed by atoms with Gasteiger partial charge in [-0.1, -0.05) is 13.3 Å². The summed E-state index contributed by atoms with van der Waals surface area (Å²) >= 11 is 0. The first-order chi connectivity index (χ1) is 5.84. The van der Waals surface area contributed by atoms with Crippen LogP contribution in [-0.4, -0.2) is 37.1 Å². The van der Waals surface area contributed by atoms with E-state index in [0.717, 1.165) is 6.04 Å². The second-order valence-corrected chi connectivity index (χ2v) is 3.78. The molecule has 0 aromatic rings. The molecule has 1 aliphatic rings. The summed E-state index contributed by atoms with van der Waals surface area (Å²) in [5.74, 6) is 0. The number of hydrogen-bond donors (Lipinski definition) is 1. The highest BCUT2D eigenvalue weighted by atomic mass is 15.2. The van der Waals surface area contributed by atoms with Crippen LogP contribution in [0.15, 0.2) is 0 Å². The number of rotatable bonds is 3. The standard InChI is InChI=1S/C10H22N2/c1-3-5-10(2)12-8-4-6-11-7-9-12/h10-11H,3-9H2,1-2H3/t10-/m1/s1. The van der Waals surface area contributed by atoms with E-state index in [1.165, 1.54) is 45.4 Å². The van der Waals surface area contributed by atoms with E-state index in [9.17, 15) is 0 Å². The molecule has 1 aliphatic heterocycles. The fourth-order valence-electron chi connectivity index (χ4n) is 1.91. The lowest BCUT2D eigenvalue weighted by molar-refractivity contribution is 0.212. The molecule has 1 heterocycles. The van der Waals surface area contributed by atoms with E-state index >= 15 is 0 Å². The smallest absolute Gasteiger partial charge is 0.0110 e. The van der Waals surface area contributed by atoms with Gasteiger partial charge in [0.25, 0.3) is 0 Å². The third-order valence-electron chi connectivity index (χ3n) is 2.70. The van der Waals surface area contributed by atoms with E-state index in [1.807, 2.05) is 0 Å². The molecule has 1 N–H and O–H groups in total. The molecule has 0 saturated carbocycles. The largest absolute Gasteiger partial charge is 0.315 e. The molecule has 2 heteroatoms. The minimum atomic E-state index is 0.787. The average molecular weight is 170 g/mol. The van der Waals surface area contributed by atoms with Crippen molar-refractivity contribution < 1.29 is 0 Å². The fourth-order valence-corrected chi connectivity index (χ4v) is 1.91. The molecule has 1 rings (SSSR count). The first kappa shape index (κ1) is 10.0. The van der Waals surface area contributed by atoms with Crippen molar-refractivity contribution in [3.8, 4) is 0 Å². The molecule has 0 radical (unpaired) electrons. The zero-order chi connectivity index (χ0) is 8.81. The first-order valence-electron chi connectivity index (χ1n) is 5.29. The summed E-state index contributed by atoms with van der Waals surface area (Å²) in [5, 5.41) is 3.43. The Bertz CT molecular complexity index is 106. The molecule has 0 unspecified atom stereocenters. The van der Waals surface area contributed by atoms with Gasteiger partial charge in [-0.3, -0.25) is 4.90 Å². The van der Waals surface area contributed by atoms with Crippen molar-refractivity contribution in [2.24, 2.45) is 0 Å². The Morgan fingerprint density at radius 1 is 1.33 bits per heavy atom. The molecular formula is C10H22N2. The van der Waals surface area contributed by atoms with Gasteiger partial charge in [0.1, 0.15) is 0 Å². The van der Waals surface area contributed by atoms with Crippen LogP contribution in [0.25, 0.3) is 0 Å². The van der Waals surface area contributed by atoms with Gasteiger partial charge in [0, 0.05) is 19.1 Å². The maximum absolute atomic E-state index is 3.43. The molecule has 1 fully saturated rings. The van der Waals surface area contributed by atoms with Crippen LogP contribution in [0.3, 0.4) is 0 Å². The van der Waals surface area contributed by atoms with Crippen LogP contribution in [0, 0.1) is 0 Å². The third-order valence-corrected chi connectivity index (χ3v) is 2.70. The lowest BCUT2D eigenvalue weighted by Crippen LogP contribution is -2.35. The third kappa shape index (κ3) is 3.11. The van der Waals surface area contributed by atoms with E-state index in [1.54, 1.807) is 0 Å². The van der Waals surface area contributed by atoms with Gasteiger partial charge in [0.15, 0.2) is 0 Å². The number of nitrogens with zero attached hydrogens (tertiary/aromatic N) is 1. The van der Waals surface area contributed by atoms with Crippen molar-refractivity contribution in [1.29, 1.82) is 0 Å². The molecule has 12 heavy (non-hydrogen) atoms. The predicted molar refractivity (Wildman–Crippen MR) is 53.4 cm³/mol. The van der Waals surface area contributed by atoms with Crippen LogP contribution < -0.4 is 5.32 Å². The lowest BCUT2D eigenvalue weighted by Gasteiger charge is -2.26. The Balaban J connectivity index is 2.27. The lowest BCUT2D eigenvalue weighted by atomic mass is 10.1. The Morgan fingerprint density at radius 2 is 2.17 bits per heavy atom. The number of hydrogen-bond acceptors (Lipinski definition) is 2. The average Bonchev–Trinajstić information content (AvgIpc) is 2.32. The van der Waals surface area contributed by atoms with Gasteiger partial charge in [-0.15, -0.1) is 0 Å². The number of nitrogens with one attached hydrogen (secondary N) is 1. The molecule has 0 aromatic carbocycles. The monoisotopic (exact) mass is 170 g/mol. The van der Waals surface area contributed by atoms with E-state index in [0.29, 0.717) is 0 Å². The van der Waals surface area contributed by atoms with Crippen molar-refractivity contribution in [2.75, 3.05) is 26.2 Å². The summed E-state index contributed by atoms with van der Waals surface area (Å²) in [4.78, 5) is 2.61. The van der Waals surface area contributed by atoms with Crippen LogP contribution in [0.2, 0.25) is 0 Å². The van der Waals surface area contributed by atoms with Gasteiger partial charge in [-0.05, 0) is 32.9 Å². The molecule has 1 saturated heterocycles. The van der Waals surface area contributed by atoms with Crippen LogP contribution in [-0.2, 0) is 0 Å². The van der Waals surface area contributed by atoms with E-state index in [-0.39, 0.29) is 0 Å². The zero-order valence-electron chi connectivity index (χ0n) is 8.47. The quantitative estimate of drug-likeness (QED) is 0.690. The second kappa shape index (κ2) is 5.55. The molecular weight excluding hydrogens is 148 g/mol. The molecule has 0 aliphatic carbocycles. The van der Waals surface area contributed by atoms with Crippen LogP contribution in [0.1, 0.15) is 33.1 Å². The first-order valence-corrected chi connectivity index (χ1v) is 5.29. The fraction of sp³-hybridized carbons (Fsp3) is 1.00. The van der Waals surface area contributed by atoms with Crippen molar-refractivity contribution in [3.63, 3.8) is 0 Å². The Morgan fingerprint density at radius 3 is 2.92 bits per heavy atom. The van der Waals surface area contributed by atoms with Crippen LogP contribution in [0.5, 0.6) is 0 Å². The van der Waals surface area contributed by atoms with Crippen molar-refractivity contribution >= 4 is 0 Å². The normalized spacial score (nSPS) is 23.5. The van der Waals surface area contributed by atoms with Gasteiger partial charge in [-0.2, -0.15) is 0 Å². The van der Waals surface area contributed by atoms with Gasteiger partial charge >= 0.3 is 0 Å². The summed E-state index contributed by atoms with van der Waals surface area (Å²) in [6, 6.07) is 0.787. The summed E-state index contributed by atoms with van der Waals surface area (Å²) in [6.07, 6.45) is 3.97. The van der Waals surface area contributed by atoms with Crippen molar-refractivity contribution in [1.82, 2.24) is 10.2 Å². The van der Waals surface area contributed by atoms with E-state index in [4.69, 9.17) is 0 Å². The SMILES string of the molecule is CCC[C@@H](C)N1CCCNCC1. The highest BCUT2D eigenvalue weighted by Gasteiger charge is 2.13. The van der Waals surface area contributed by atoms with Gasteiger partial charge in [-0.25, -0.2) is 0 Å². The van der Waals surface area contributed by atoms with Gasteiger partial charge < -0.3 is 5.32 Å². The summed E-state index contributed by atoms with van der Waals surface area (Å²) in [7, 11) is 0. The minimum Gasteiger partial charge on any atom is -0.315 e. The van der Waals surface area contributed by atoms with E-state index in [2.05, 4.69) is 24.1 Å². The van der Waals surface area contributed by atoms with Crippen molar-refractivity contribution in [2.45, 2.75) is 39.2 Å². The Kier molecular flexibility index (Phi) is 4.62. The maximum atomic E-state index is 3.43. The van der Waals surface area contributed by atoms with Crippen LogP contribution >= 0.6 is 0 Å².